The minimum Gasteiger partial charge on any atom is -0.335 e. The van der Waals surface area contributed by atoms with Crippen LogP contribution < -0.4 is 0 Å². The third kappa shape index (κ3) is 3.65. The largest absolute Gasteiger partial charge is 0.335 e. The van der Waals surface area contributed by atoms with E-state index in [9.17, 15) is 4.79 Å². The number of carbonyl (C=O) groups excluding carboxylic acids is 1. The molecule has 0 atom stereocenters. The van der Waals surface area contributed by atoms with Crippen LogP contribution >= 0.6 is 11.6 Å². The number of hydrogen-bond acceptors (Lipinski definition) is 3. The molecule has 6 heteroatoms. The van der Waals surface area contributed by atoms with Crippen molar-refractivity contribution in [3.8, 4) is 11.4 Å². The summed E-state index contributed by atoms with van der Waals surface area (Å²) in [5.74, 6) is 0.720. The predicted molar refractivity (Wildman–Crippen MR) is 118 cm³/mol. The van der Waals surface area contributed by atoms with Gasteiger partial charge in [0.25, 0.3) is 5.91 Å². The summed E-state index contributed by atoms with van der Waals surface area (Å²) >= 11 is 6.53. The Kier molecular flexibility index (Phi) is 5.61. The Morgan fingerprint density at radius 1 is 1.07 bits per heavy atom. The lowest BCUT2D eigenvalue weighted by atomic mass is 10.0. The highest BCUT2D eigenvalue weighted by atomic mass is 35.5. The minimum atomic E-state index is -0.0285. The van der Waals surface area contributed by atoms with E-state index >= 15 is 0 Å². The number of hydrogen-bond donors (Lipinski definition) is 0. The Morgan fingerprint density at radius 3 is 2.45 bits per heavy atom. The lowest BCUT2D eigenvalue weighted by Gasteiger charge is -2.37. The molecular formula is C23H27ClN4O. The molecule has 0 aliphatic carbocycles. The average molecular weight is 411 g/mol. The van der Waals surface area contributed by atoms with Crippen LogP contribution in [0.2, 0.25) is 5.15 Å². The van der Waals surface area contributed by atoms with Crippen LogP contribution in [0.1, 0.15) is 31.3 Å². The second kappa shape index (κ2) is 8.17. The molecule has 1 saturated heterocycles. The number of piperazine rings is 1. The lowest BCUT2D eigenvalue weighted by molar-refractivity contribution is 0.0586. The molecule has 1 aromatic heterocycles. The van der Waals surface area contributed by atoms with E-state index < -0.39 is 0 Å². The summed E-state index contributed by atoms with van der Waals surface area (Å²) in [5, 5.41) is 2.53. The van der Waals surface area contributed by atoms with Crippen molar-refractivity contribution in [3.63, 3.8) is 0 Å². The van der Waals surface area contributed by atoms with Crippen LogP contribution in [-0.2, 0) is 6.54 Å². The Balaban J connectivity index is 1.71. The van der Waals surface area contributed by atoms with Gasteiger partial charge in [-0.15, -0.1) is 0 Å². The van der Waals surface area contributed by atoms with Crippen molar-refractivity contribution < 1.29 is 4.79 Å². The van der Waals surface area contributed by atoms with Gasteiger partial charge < -0.3 is 9.47 Å². The van der Waals surface area contributed by atoms with Crippen LogP contribution in [0, 0.1) is 0 Å². The number of amides is 1. The molecule has 0 spiro atoms. The van der Waals surface area contributed by atoms with Gasteiger partial charge in [0.1, 0.15) is 11.5 Å². The first kappa shape index (κ1) is 19.9. The van der Waals surface area contributed by atoms with E-state index in [0.29, 0.717) is 31.4 Å². The van der Waals surface area contributed by atoms with Crippen LogP contribution in [0.5, 0.6) is 0 Å². The first-order chi connectivity index (χ1) is 14.0. The quantitative estimate of drug-likeness (QED) is 0.633. The van der Waals surface area contributed by atoms with Crippen molar-refractivity contribution in [1.82, 2.24) is 19.4 Å². The molecule has 4 rings (SSSR count). The molecule has 1 fully saturated rings. The second-order valence-electron chi connectivity index (χ2n) is 7.77. The van der Waals surface area contributed by atoms with Gasteiger partial charge in [0, 0.05) is 44.3 Å². The number of benzene rings is 2. The van der Waals surface area contributed by atoms with E-state index in [1.54, 1.807) is 0 Å². The number of aromatic nitrogens is 2. The Morgan fingerprint density at radius 2 is 1.76 bits per heavy atom. The summed E-state index contributed by atoms with van der Waals surface area (Å²) in [6, 6.07) is 14.9. The third-order valence-electron chi connectivity index (χ3n) is 5.81. The zero-order valence-electron chi connectivity index (χ0n) is 17.2. The molecule has 3 aromatic rings. The summed E-state index contributed by atoms with van der Waals surface area (Å²) in [6.45, 7) is 10.2. The summed E-state index contributed by atoms with van der Waals surface area (Å²) in [7, 11) is 0. The molecule has 5 nitrogen and oxygen atoms in total. The molecule has 0 bridgehead atoms. The predicted octanol–water partition coefficient (Wildman–Crippen LogP) is 4.54. The number of carbonyl (C=O) groups is 1. The summed E-state index contributed by atoms with van der Waals surface area (Å²) < 4.78 is 1.96. The molecule has 0 N–H and O–H groups in total. The topological polar surface area (TPSA) is 41.4 Å². The Hall–Kier alpha value is -2.37. The summed E-state index contributed by atoms with van der Waals surface area (Å²) in [4.78, 5) is 22.3. The van der Waals surface area contributed by atoms with E-state index in [-0.39, 0.29) is 11.1 Å². The van der Waals surface area contributed by atoms with Crippen molar-refractivity contribution in [2.45, 2.75) is 33.4 Å². The van der Waals surface area contributed by atoms with Crippen LogP contribution in [0.15, 0.2) is 42.5 Å². The highest BCUT2D eigenvalue weighted by Crippen LogP contribution is 2.32. The van der Waals surface area contributed by atoms with Gasteiger partial charge in [0.2, 0.25) is 0 Å². The van der Waals surface area contributed by atoms with Crippen molar-refractivity contribution in [1.29, 1.82) is 0 Å². The first-order valence-electron chi connectivity index (χ1n) is 10.3. The van der Waals surface area contributed by atoms with Crippen molar-refractivity contribution in [3.05, 3.63) is 53.3 Å². The maximum atomic E-state index is 13.3. The van der Waals surface area contributed by atoms with E-state index in [2.05, 4.69) is 41.9 Å². The van der Waals surface area contributed by atoms with Gasteiger partial charge in [-0.25, -0.2) is 4.98 Å². The molecule has 0 radical (unpaired) electrons. The number of imidazole rings is 1. The first-order valence-corrected chi connectivity index (χ1v) is 10.7. The minimum absolute atomic E-state index is 0.0285. The normalized spacial score (nSPS) is 15.4. The number of nitrogens with zero attached hydrogens (tertiary/aromatic N) is 4. The molecule has 0 unspecified atom stereocenters. The number of rotatable bonds is 4. The molecular weight excluding hydrogens is 384 g/mol. The van der Waals surface area contributed by atoms with Gasteiger partial charge in [-0.3, -0.25) is 9.69 Å². The molecule has 2 aromatic carbocycles. The van der Waals surface area contributed by atoms with Gasteiger partial charge in [0.15, 0.2) is 5.15 Å². The van der Waals surface area contributed by atoms with E-state index in [4.69, 9.17) is 11.6 Å². The molecule has 152 valence electrons. The number of halogens is 1. The standard InChI is InChI=1S/C23H27ClN4O/c1-4-28-20(23(29)27-14-12-26(13-15-27)16(2)3)21(24)25-22(28)19-11-7-9-17-8-5-6-10-18(17)19/h5-11,16H,4,12-15H2,1-3H3. The average Bonchev–Trinajstić information content (AvgIpc) is 3.08. The van der Waals surface area contributed by atoms with Gasteiger partial charge in [-0.05, 0) is 31.5 Å². The maximum absolute atomic E-state index is 13.3. The second-order valence-corrected chi connectivity index (χ2v) is 8.13. The lowest BCUT2D eigenvalue weighted by Crippen LogP contribution is -2.51. The highest BCUT2D eigenvalue weighted by molar-refractivity contribution is 6.32. The van der Waals surface area contributed by atoms with Crippen LogP contribution in [-0.4, -0.2) is 57.5 Å². The van der Waals surface area contributed by atoms with Crippen molar-refractivity contribution in [2.24, 2.45) is 0 Å². The molecule has 1 amide bonds. The molecule has 29 heavy (non-hydrogen) atoms. The third-order valence-corrected chi connectivity index (χ3v) is 6.07. The van der Waals surface area contributed by atoms with Gasteiger partial charge in [-0.1, -0.05) is 54.1 Å². The highest BCUT2D eigenvalue weighted by Gasteiger charge is 2.29. The zero-order chi connectivity index (χ0) is 20.5. The fraction of sp³-hybridized carbons (Fsp3) is 0.391. The summed E-state index contributed by atoms with van der Waals surface area (Å²) in [5.41, 5.74) is 1.49. The SMILES string of the molecule is CCn1c(-c2cccc3ccccc23)nc(Cl)c1C(=O)N1CCN(C(C)C)CC1. The van der Waals surface area contributed by atoms with Crippen LogP contribution in [0.25, 0.3) is 22.2 Å². The van der Waals surface area contributed by atoms with E-state index in [1.165, 1.54) is 0 Å². The zero-order valence-corrected chi connectivity index (χ0v) is 18.0. The van der Waals surface area contributed by atoms with Gasteiger partial charge in [0.05, 0.1) is 0 Å². The monoisotopic (exact) mass is 410 g/mol. The van der Waals surface area contributed by atoms with Gasteiger partial charge >= 0.3 is 0 Å². The van der Waals surface area contributed by atoms with Crippen LogP contribution in [0.4, 0.5) is 0 Å². The molecule has 1 aliphatic rings. The summed E-state index contributed by atoms with van der Waals surface area (Å²) in [6.07, 6.45) is 0. The van der Waals surface area contributed by atoms with Crippen molar-refractivity contribution in [2.75, 3.05) is 26.2 Å². The molecule has 1 aliphatic heterocycles. The fourth-order valence-corrected chi connectivity index (χ4v) is 4.42. The molecule has 2 heterocycles. The molecule has 0 saturated carbocycles. The number of fused-ring (bicyclic) bond motifs is 1. The van der Waals surface area contributed by atoms with Crippen molar-refractivity contribution >= 4 is 28.3 Å². The van der Waals surface area contributed by atoms with E-state index in [0.717, 1.165) is 35.2 Å². The van der Waals surface area contributed by atoms with Gasteiger partial charge in [-0.2, -0.15) is 0 Å². The smallest absolute Gasteiger partial charge is 0.273 e. The Labute approximate surface area is 176 Å². The Bertz CT molecular complexity index is 1030. The fourth-order valence-electron chi connectivity index (χ4n) is 4.15. The maximum Gasteiger partial charge on any atom is 0.273 e. The van der Waals surface area contributed by atoms with Crippen LogP contribution in [0.3, 0.4) is 0 Å². The van der Waals surface area contributed by atoms with E-state index in [1.807, 2.05) is 40.7 Å².